The zero-order valence-electron chi connectivity index (χ0n) is 21.6. The Morgan fingerprint density at radius 1 is 1.11 bits per heavy atom. The Kier molecular flexibility index (Phi) is 8.50. The van der Waals surface area contributed by atoms with Crippen LogP contribution >= 0.6 is 0 Å². The van der Waals surface area contributed by atoms with Crippen LogP contribution in [0.15, 0.2) is 40.9 Å². The number of ether oxygens (including phenoxy) is 2. The molecule has 0 spiro atoms. The minimum Gasteiger partial charge on any atom is -0.493 e. The molecule has 1 amide bonds. The Morgan fingerprint density at radius 2 is 1.84 bits per heavy atom. The van der Waals surface area contributed by atoms with Gasteiger partial charge >= 0.3 is 12.1 Å². The number of aryl methyl sites for hydroxylation is 1. The maximum absolute atomic E-state index is 13.2. The van der Waals surface area contributed by atoms with Crippen molar-refractivity contribution in [2.24, 2.45) is 0 Å². The molecule has 3 aromatic rings. The third kappa shape index (κ3) is 7.02. The number of hydrogen-bond donors (Lipinski definition) is 0. The van der Waals surface area contributed by atoms with Gasteiger partial charge in [0.25, 0.3) is 0 Å². The molecule has 0 saturated heterocycles. The molecule has 1 heterocycles. The van der Waals surface area contributed by atoms with Gasteiger partial charge in [-0.05, 0) is 63.9 Å². The quantitative estimate of drug-likeness (QED) is 0.234. The van der Waals surface area contributed by atoms with E-state index < -0.39 is 23.4 Å². The van der Waals surface area contributed by atoms with Gasteiger partial charge in [-0.1, -0.05) is 24.6 Å². The number of amides is 1. The maximum atomic E-state index is 13.2. The molecule has 0 saturated carbocycles. The molecule has 0 bridgehead atoms. The molecule has 0 aliphatic carbocycles. The molecule has 200 valence electrons. The number of carbonyl (C=O) groups excluding carboxylic acids is 2. The lowest BCUT2D eigenvalue weighted by Crippen LogP contribution is -2.27. The Morgan fingerprint density at radius 3 is 2.49 bits per heavy atom. The van der Waals surface area contributed by atoms with Gasteiger partial charge in [-0.3, -0.25) is 4.79 Å². The summed E-state index contributed by atoms with van der Waals surface area (Å²) >= 11 is 0. The van der Waals surface area contributed by atoms with Crippen molar-refractivity contribution in [3.05, 3.63) is 53.2 Å². The number of hydrogen-bond acceptors (Lipinski definition) is 6. The molecule has 0 atom stereocenters. The molecular formula is C27H31F3N2O5. The number of esters is 1. The number of fused-ring (bicyclic) bond motifs is 1. The Balaban J connectivity index is 1.62. The first-order valence-corrected chi connectivity index (χ1v) is 12.0. The number of anilines is 1. The van der Waals surface area contributed by atoms with Gasteiger partial charge in [0.05, 0.1) is 17.6 Å². The van der Waals surface area contributed by atoms with Gasteiger partial charge in [-0.15, -0.1) is 0 Å². The zero-order chi connectivity index (χ0) is 27.4. The van der Waals surface area contributed by atoms with Gasteiger partial charge in [-0.25, -0.2) is 4.79 Å². The Hall–Kier alpha value is -3.56. The van der Waals surface area contributed by atoms with Crippen LogP contribution in [0.1, 0.15) is 68.6 Å². The summed E-state index contributed by atoms with van der Waals surface area (Å²) in [6, 6.07) is 9.40. The number of nitrogens with zero attached hydrogens (tertiary/aromatic N) is 2. The van der Waals surface area contributed by atoms with Gasteiger partial charge in [0, 0.05) is 24.7 Å². The number of alkyl halides is 3. The summed E-state index contributed by atoms with van der Waals surface area (Å²) in [5.41, 5.74) is -0.218. The second kappa shape index (κ2) is 11.2. The highest BCUT2D eigenvalue weighted by molar-refractivity contribution is 5.96. The minimum atomic E-state index is -4.62. The van der Waals surface area contributed by atoms with Crippen LogP contribution in [0.3, 0.4) is 0 Å². The van der Waals surface area contributed by atoms with Crippen molar-refractivity contribution in [2.45, 2.75) is 65.2 Å². The molecule has 3 rings (SSSR count). The first-order valence-electron chi connectivity index (χ1n) is 12.0. The van der Waals surface area contributed by atoms with E-state index in [0.717, 1.165) is 0 Å². The van der Waals surface area contributed by atoms with Crippen LogP contribution < -0.4 is 9.64 Å². The van der Waals surface area contributed by atoms with Crippen LogP contribution in [0, 0.1) is 0 Å². The van der Waals surface area contributed by atoms with E-state index in [1.54, 1.807) is 52.1 Å². The highest BCUT2D eigenvalue weighted by atomic mass is 19.4. The number of benzene rings is 2. The standard InChI is InChI=1S/C27H31F3N2O5/c1-6-9-19-21(14-13-20-23(19)37-31-24(20)27(28,29)30)35-15-8-12-22(33)32(5)18-11-7-10-17(16-18)25(34)36-26(2,3)4/h7,10-11,13-14,16H,6,8-9,12,15H2,1-5H3. The largest absolute Gasteiger partial charge is 0.493 e. The normalized spacial score (nSPS) is 12.0. The summed E-state index contributed by atoms with van der Waals surface area (Å²) in [6.45, 7) is 7.42. The van der Waals surface area contributed by atoms with Crippen LogP contribution in [-0.2, 0) is 22.1 Å². The zero-order valence-corrected chi connectivity index (χ0v) is 21.6. The third-order valence-electron chi connectivity index (χ3n) is 5.50. The third-order valence-corrected chi connectivity index (χ3v) is 5.50. The highest BCUT2D eigenvalue weighted by Gasteiger charge is 2.37. The molecule has 0 radical (unpaired) electrons. The van der Waals surface area contributed by atoms with E-state index in [1.165, 1.54) is 17.0 Å². The molecule has 0 N–H and O–H groups in total. The Bertz CT molecular complexity index is 1260. The van der Waals surface area contributed by atoms with Crippen molar-refractivity contribution in [1.82, 2.24) is 5.16 Å². The predicted octanol–water partition coefficient (Wildman–Crippen LogP) is 6.58. The van der Waals surface area contributed by atoms with E-state index >= 15 is 0 Å². The average Bonchev–Trinajstić information content (AvgIpc) is 3.26. The topological polar surface area (TPSA) is 81.9 Å². The summed E-state index contributed by atoms with van der Waals surface area (Å²) < 4.78 is 55.8. The maximum Gasteiger partial charge on any atom is 0.437 e. The molecule has 10 heteroatoms. The second-order valence-corrected chi connectivity index (χ2v) is 9.65. The van der Waals surface area contributed by atoms with E-state index in [0.29, 0.717) is 41.8 Å². The fourth-order valence-corrected chi connectivity index (χ4v) is 3.76. The van der Waals surface area contributed by atoms with Crippen LogP contribution in [0.4, 0.5) is 18.9 Å². The van der Waals surface area contributed by atoms with E-state index in [1.807, 2.05) is 6.92 Å². The molecule has 1 aromatic heterocycles. The molecule has 0 unspecified atom stereocenters. The van der Waals surface area contributed by atoms with Crippen LogP contribution in [-0.4, -0.2) is 36.3 Å². The van der Waals surface area contributed by atoms with Gasteiger partial charge in [-0.2, -0.15) is 13.2 Å². The van der Waals surface area contributed by atoms with Crippen LogP contribution in [0.2, 0.25) is 0 Å². The monoisotopic (exact) mass is 520 g/mol. The van der Waals surface area contributed by atoms with Crippen LogP contribution in [0.5, 0.6) is 5.75 Å². The SMILES string of the molecule is CCCc1c(OCCCC(=O)N(C)c2cccc(C(=O)OC(C)(C)C)c2)ccc2c(C(F)(F)F)noc12. The summed E-state index contributed by atoms with van der Waals surface area (Å²) in [5.74, 6) is -0.248. The lowest BCUT2D eigenvalue weighted by molar-refractivity contribution is -0.141. The minimum absolute atomic E-state index is 0.0624. The van der Waals surface area contributed by atoms with Gasteiger partial charge in [0.1, 0.15) is 11.4 Å². The number of rotatable bonds is 9. The smallest absolute Gasteiger partial charge is 0.437 e. The lowest BCUT2D eigenvalue weighted by atomic mass is 10.0. The first kappa shape index (κ1) is 28.0. The van der Waals surface area contributed by atoms with Crippen molar-refractivity contribution in [2.75, 3.05) is 18.6 Å². The lowest BCUT2D eigenvalue weighted by Gasteiger charge is -2.21. The summed E-state index contributed by atoms with van der Waals surface area (Å²) in [5, 5.41) is 3.12. The summed E-state index contributed by atoms with van der Waals surface area (Å²) in [4.78, 5) is 26.5. The van der Waals surface area contributed by atoms with Crippen molar-refractivity contribution >= 4 is 28.5 Å². The fraction of sp³-hybridized carbons (Fsp3) is 0.444. The van der Waals surface area contributed by atoms with Crippen molar-refractivity contribution in [3.63, 3.8) is 0 Å². The van der Waals surface area contributed by atoms with Crippen molar-refractivity contribution < 1.29 is 36.8 Å². The predicted molar refractivity (Wildman–Crippen MR) is 133 cm³/mol. The average molecular weight is 521 g/mol. The Labute approximate surface area is 213 Å². The molecule has 2 aromatic carbocycles. The number of aromatic nitrogens is 1. The van der Waals surface area contributed by atoms with Crippen molar-refractivity contribution in [3.8, 4) is 5.75 Å². The van der Waals surface area contributed by atoms with E-state index in [-0.39, 0.29) is 29.9 Å². The van der Waals surface area contributed by atoms with E-state index in [4.69, 9.17) is 14.0 Å². The fourth-order valence-electron chi connectivity index (χ4n) is 3.76. The highest BCUT2D eigenvalue weighted by Crippen LogP contribution is 2.38. The van der Waals surface area contributed by atoms with Gasteiger partial charge in [0.2, 0.25) is 5.91 Å². The summed E-state index contributed by atoms with van der Waals surface area (Å²) in [6.07, 6.45) is -2.95. The van der Waals surface area contributed by atoms with Crippen molar-refractivity contribution in [1.29, 1.82) is 0 Å². The van der Waals surface area contributed by atoms with Crippen LogP contribution in [0.25, 0.3) is 11.0 Å². The molecule has 0 aliphatic heterocycles. The van der Waals surface area contributed by atoms with Gasteiger partial charge in [0.15, 0.2) is 11.3 Å². The van der Waals surface area contributed by atoms with Gasteiger partial charge < -0.3 is 18.9 Å². The van der Waals surface area contributed by atoms with E-state index in [9.17, 15) is 22.8 Å². The first-order chi connectivity index (χ1) is 17.3. The molecule has 7 nitrogen and oxygen atoms in total. The van der Waals surface area contributed by atoms with E-state index in [2.05, 4.69) is 5.16 Å². The number of halogens is 3. The molecular weight excluding hydrogens is 489 g/mol. The summed E-state index contributed by atoms with van der Waals surface area (Å²) in [7, 11) is 1.62. The number of carbonyl (C=O) groups is 2. The molecule has 0 fully saturated rings. The second-order valence-electron chi connectivity index (χ2n) is 9.65. The molecule has 37 heavy (non-hydrogen) atoms. The molecule has 0 aliphatic rings.